The van der Waals surface area contributed by atoms with Gasteiger partial charge in [0.2, 0.25) is 0 Å². The van der Waals surface area contributed by atoms with Gasteiger partial charge in [0.05, 0.1) is 32.5 Å². The third-order valence-corrected chi connectivity index (χ3v) is 8.96. The first-order valence-electron chi connectivity index (χ1n) is 11.4. The van der Waals surface area contributed by atoms with Crippen LogP contribution in [0.25, 0.3) is 5.69 Å². The van der Waals surface area contributed by atoms with Gasteiger partial charge in [-0.05, 0) is 78.3 Å². The van der Waals surface area contributed by atoms with Gasteiger partial charge in [-0.1, -0.05) is 53.5 Å². The van der Waals surface area contributed by atoms with E-state index in [0.29, 0.717) is 0 Å². The molecule has 0 saturated carbocycles. The summed E-state index contributed by atoms with van der Waals surface area (Å²) in [7, 11) is -4.09. The van der Waals surface area contributed by atoms with Crippen LogP contribution in [-0.4, -0.2) is 31.7 Å². The first-order valence-corrected chi connectivity index (χ1v) is 14.4. The lowest BCUT2D eigenvalue weighted by atomic mass is 10.2. The number of hydrogen-bond donors (Lipinski definition) is 1. The van der Waals surface area contributed by atoms with Crippen molar-refractivity contribution in [1.82, 2.24) is 9.99 Å². The quantitative estimate of drug-likeness (QED) is 0.177. The summed E-state index contributed by atoms with van der Waals surface area (Å²) in [5.41, 5.74) is 6.33. The Hall–Kier alpha value is -3.11. The van der Waals surface area contributed by atoms with Gasteiger partial charge in [0.1, 0.15) is 6.54 Å². The van der Waals surface area contributed by atoms with E-state index in [4.69, 9.17) is 23.2 Å². The maximum atomic E-state index is 13.4. The number of anilines is 1. The highest BCUT2D eigenvalue weighted by Gasteiger charge is 2.27. The number of aryl methyl sites for hydroxylation is 1. The summed E-state index contributed by atoms with van der Waals surface area (Å²) < 4.78 is 30.9. The standard InChI is InChI=1S/C27H23BrCl2N4O3S/c1-18-14-20(19(2)34(18)26-11-7-6-10-23(26)28)16-31-32-27(35)17-33(21-12-13-24(29)25(30)15-21)38(36,37)22-8-4-3-5-9-22/h3-16H,17H2,1-2H3,(H,32,35)/b31-16-. The molecule has 0 bridgehead atoms. The monoisotopic (exact) mass is 632 g/mol. The van der Waals surface area contributed by atoms with E-state index in [1.807, 2.05) is 44.2 Å². The summed E-state index contributed by atoms with van der Waals surface area (Å²) in [6.45, 7) is 3.41. The number of carbonyl (C=O) groups is 1. The maximum absolute atomic E-state index is 13.4. The van der Waals surface area contributed by atoms with E-state index in [1.54, 1.807) is 18.2 Å². The number of nitrogens with zero attached hydrogens (tertiary/aromatic N) is 3. The largest absolute Gasteiger partial charge is 0.317 e. The SMILES string of the molecule is Cc1cc(/C=N\NC(=O)CN(c2ccc(Cl)c(Cl)c2)S(=O)(=O)c2ccccc2)c(C)n1-c1ccccc1Br. The van der Waals surface area contributed by atoms with Crippen molar-refractivity contribution in [2.75, 3.05) is 10.8 Å². The zero-order chi connectivity index (χ0) is 27.4. The lowest BCUT2D eigenvalue weighted by Gasteiger charge is -2.24. The predicted molar refractivity (Wildman–Crippen MR) is 156 cm³/mol. The molecule has 7 nitrogen and oxygen atoms in total. The Morgan fingerprint density at radius 2 is 1.68 bits per heavy atom. The maximum Gasteiger partial charge on any atom is 0.264 e. The van der Waals surface area contributed by atoms with Crippen LogP contribution in [-0.2, 0) is 14.8 Å². The second-order valence-electron chi connectivity index (χ2n) is 8.33. The summed E-state index contributed by atoms with van der Waals surface area (Å²) in [6.07, 6.45) is 1.53. The fraction of sp³-hybridized carbons (Fsp3) is 0.111. The van der Waals surface area contributed by atoms with E-state index in [9.17, 15) is 13.2 Å². The predicted octanol–water partition coefficient (Wildman–Crippen LogP) is 6.51. The molecular weight excluding hydrogens is 611 g/mol. The Morgan fingerprint density at radius 3 is 2.37 bits per heavy atom. The molecule has 1 aromatic heterocycles. The van der Waals surface area contributed by atoms with Crippen LogP contribution < -0.4 is 9.73 Å². The number of para-hydroxylation sites is 1. The van der Waals surface area contributed by atoms with Crippen molar-refractivity contribution >= 4 is 67.0 Å². The molecule has 0 unspecified atom stereocenters. The first kappa shape index (κ1) is 27.9. The summed E-state index contributed by atoms with van der Waals surface area (Å²) in [5, 5.41) is 4.52. The Morgan fingerprint density at radius 1 is 1.00 bits per heavy atom. The van der Waals surface area contributed by atoms with Crippen molar-refractivity contribution < 1.29 is 13.2 Å². The lowest BCUT2D eigenvalue weighted by Crippen LogP contribution is -2.39. The Labute approximate surface area is 239 Å². The Bertz CT molecular complexity index is 1620. The molecule has 0 saturated heterocycles. The third-order valence-electron chi connectivity index (χ3n) is 5.77. The first-order chi connectivity index (χ1) is 18.1. The van der Waals surface area contributed by atoms with E-state index < -0.39 is 22.5 Å². The molecule has 196 valence electrons. The lowest BCUT2D eigenvalue weighted by molar-refractivity contribution is -0.119. The number of hydrazone groups is 1. The highest BCUT2D eigenvalue weighted by atomic mass is 79.9. The van der Waals surface area contributed by atoms with Crippen molar-refractivity contribution in [1.29, 1.82) is 0 Å². The minimum Gasteiger partial charge on any atom is -0.317 e. The number of rotatable bonds is 8. The minimum absolute atomic E-state index is 0.0295. The molecule has 1 heterocycles. The smallest absolute Gasteiger partial charge is 0.264 e. The van der Waals surface area contributed by atoms with Crippen molar-refractivity contribution in [3.8, 4) is 5.69 Å². The number of hydrogen-bond acceptors (Lipinski definition) is 4. The summed E-state index contributed by atoms with van der Waals surface area (Å²) in [6, 6.07) is 22.0. The molecule has 0 aliphatic carbocycles. The second-order valence-corrected chi connectivity index (χ2v) is 11.9. The molecule has 0 aliphatic rings. The van der Waals surface area contributed by atoms with Crippen LogP contribution in [0.4, 0.5) is 5.69 Å². The van der Waals surface area contributed by atoms with Gasteiger partial charge in [-0.2, -0.15) is 5.10 Å². The Balaban J connectivity index is 1.57. The number of benzene rings is 3. The minimum atomic E-state index is -4.09. The molecule has 3 aromatic carbocycles. The van der Waals surface area contributed by atoms with Gasteiger partial charge in [0.15, 0.2) is 0 Å². The second kappa shape index (κ2) is 11.7. The van der Waals surface area contributed by atoms with Gasteiger partial charge >= 0.3 is 0 Å². The summed E-state index contributed by atoms with van der Waals surface area (Å²) in [4.78, 5) is 12.9. The number of nitrogens with one attached hydrogen (secondary N) is 1. The topological polar surface area (TPSA) is 83.8 Å². The van der Waals surface area contributed by atoms with E-state index in [2.05, 4.69) is 31.0 Å². The van der Waals surface area contributed by atoms with Crippen molar-refractivity contribution in [3.63, 3.8) is 0 Å². The molecule has 0 radical (unpaired) electrons. The average molecular weight is 634 g/mol. The van der Waals surface area contributed by atoms with Crippen molar-refractivity contribution in [2.45, 2.75) is 18.7 Å². The normalized spacial score (nSPS) is 11.6. The summed E-state index contributed by atoms with van der Waals surface area (Å²) in [5.74, 6) is -0.633. The highest BCUT2D eigenvalue weighted by molar-refractivity contribution is 9.10. The van der Waals surface area contributed by atoms with Crippen LogP contribution in [0, 0.1) is 13.8 Å². The van der Waals surface area contributed by atoms with Gasteiger partial charge in [-0.3, -0.25) is 9.10 Å². The molecular formula is C27H23BrCl2N4O3S. The molecule has 4 rings (SSSR count). The molecule has 0 aliphatic heterocycles. The molecule has 11 heteroatoms. The van der Waals surface area contributed by atoms with Gasteiger partial charge in [-0.15, -0.1) is 0 Å². The molecule has 1 amide bonds. The molecule has 4 aromatic rings. The Kier molecular flexibility index (Phi) is 8.62. The van der Waals surface area contributed by atoms with Gasteiger partial charge in [0.25, 0.3) is 15.9 Å². The van der Waals surface area contributed by atoms with Crippen LogP contribution in [0.15, 0.2) is 93.3 Å². The zero-order valence-corrected chi connectivity index (χ0v) is 24.3. The average Bonchev–Trinajstić information content (AvgIpc) is 3.17. The van der Waals surface area contributed by atoms with E-state index in [1.165, 1.54) is 36.5 Å². The van der Waals surface area contributed by atoms with Crippen LogP contribution >= 0.6 is 39.1 Å². The number of aromatic nitrogens is 1. The fourth-order valence-corrected chi connectivity index (χ4v) is 6.12. The number of halogens is 3. The van der Waals surface area contributed by atoms with Crippen LogP contribution in [0.5, 0.6) is 0 Å². The van der Waals surface area contributed by atoms with E-state index in [0.717, 1.165) is 31.4 Å². The molecule has 1 N–H and O–H groups in total. The zero-order valence-electron chi connectivity index (χ0n) is 20.4. The molecule has 0 fully saturated rings. The van der Waals surface area contributed by atoms with Crippen molar-refractivity contribution in [2.24, 2.45) is 5.10 Å². The van der Waals surface area contributed by atoms with E-state index in [-0.39, 0.29) is 20.6 Å². The highest BCUT2D eigenvalue weighted by Crippen LogP contribution is 2.30. The van der Waals surface area contributed by atoms with Gasteiger partial charge in [-0.25, -0.2) is 13.8 Å². The molecule has 38 heavy (non-hydrogen) atoms. The summed E-state index contributed by atoms with van der Waals surface area (Å²) >= 11 is 15.7. The number of amides is 1. The van der Waals surface area contributed by atoms with Crippen LogP contribution in [0.3, 0.4) is 0 Å². The molecule has 0 atom stereocenters. The van der Waals surface area contributed by atoms with Crippen LogP contribution in [0.1, 0.15) is 17.0 Å². The fourth-order valence-electron chi connectivity index (χ4n) is 3.94. The van der Waals surface area contributed by atoms with Gasteiger partial charge in [0, 0.05) is 21.4 Å². The van der Waals surface area contributed by atoms with Crippen LogP contribution in [0.2, 0.25) is 10.0 Å². The number of sulfonamides is 1. The van der Waals surface area contributed by atoms with Gasteiger partial charge < -0.3 is 4.57 Å². The number of carbonyl (C=O) groups excluding carboxylic acids is 1. The van der Waals surface area contributed by atoms with E-state index >= 15 is 0 Å². The third kappa shape index (κ3) is 5.96. The molecule has 0 spiro atoms. The van der Waals surface area contributed by atoms with Crippen molar-refractivity contribution in [3.05, 3.63) is 110 Å².